The fourth-order valence-electron chi connectivity index (χ4n) is 3.80. The molecule has 0 unspecified atom stereocenters. The topological polar surface area (TPSA) is 81.4 Å². The summed E-state index contributed by atoms with van der Waals surface area (Å²) in [4.78, 5) is 23.3. The molecule has 0 saturated carbocycles. The molecule has 2 aromatic heterocycles. The van der Waals surface area contributed by atoms with E-state index in [0.29, 0.717) is 37.7 Å². The van der Waals surface area contributed by atoms with Crippen molar-refractivity contribution in [2.75, 3.05) is 55.8 Å². The van der Waals surface area contributed by atoms with Crippen LogP contribution in [0.15, 0.2) is 30.6 Å². The second-order valence-electron chi connectivity index (χ2n) is 7.97. The van der Waals surface area contributed by atoms with Crippen LogP contribution in [0, 0.1) is 0 Å². The molecular weight excluding hydrogens is 370 g/mol. The second-order valence-corrected chi connectivity index (χ2v) is 7.97. The molecule has 152 valence electrons. The van der Waals surface area contributed by atoms with E-state index in [1.807, 2.05) is 28.8 Å². The predicted molar refractivity (Wildman–Crippen MR) is 110 cm³/mol. The first-order valence-corrected chi connectivity index (χ1v) is 9.99. The summed E-state index contributed by atoms with van der Waals surface area (Å²) in [6.45, 7) is 9.19. The number of rotatable bonds is 3. The lowest BCUT2D eigenvalue weighted by atomic mass is 10.1. The number of para-hydroxylation sites is 2. The molecule has 9 nitrogen and oxygen atoms in total. The standard InChI is InChI=1S/C20H25N7O2/c1-20(2)13-26(9-12-29-20)18-22-17(25-7-10-28-11-8-25)23-19(24-18)27-14-21-15-5-3-4-6-16(15)27/h3-6,14H,7-13H2,1-2H3. The minimum atomic E-state index is -0.244. The van der Waals surface area contributed by atoms with Gasteiger partial charge >= 0.3 is 0 Å². The van der Waals surface area contributed by atoms with Gasteiger partial charge in [-0.15, -0.1) is 0 Å². The maximum absolute atomic E-state index is 5.87. The van der Waals surface area contributed by atoms with E-state index in [2.05, 4.69) is 28.6 Å². The van der Waals surface area contributed by atoms with E-state index < -0.39 is 0 Å². The molecule has 1 aromatic carbocycles. The van der Waals surface area contributed by atoms with Gasteiger partial charge in [0.15, 0.2) is 0 Å². The highest BCUT2D eigenvalue weighted by atomic mass is 16.5. The van der Waals surface area contributed by atoms with E-state index in [1.54, 1.807) is 6.33 Å². The van der Waals surface area contributed by atoms with E-state index >= 15 is 0 Å². The van der Waals surface area contributed by atoms with Crippen molar-refractivity contribution < 1.29 is 9.47 Å². The van der Waals surface area contributed by atoms with Gasteiger partial charge in [0, 0.05) is 26.2 Å². The largest absolute Gasteiger partial charge is 0.378 e. The van der Waals surface area contributed by atoms with E-state index in [1.165, 1.54) is 0 Å². The smallest absolute Gasteiger partial charge is 0.242 e. The maximum atomic E-state index is 5.87. The summed E-state index contributed by atoms with van der Waals surface area (Å²) in [5.41, 5.74) is 1.64. The van der Waals surface area contributed by atoms with Crippen LogP contribution in [-0.4, -0.2) is 76.1 Å². The molecule has 2 saturated heterocycles. The van der Waals surface area contributed by atoms with Crippen molar-refractivity contribution >= 4 is 22.9 Å². The van der Waals surface area contributed by atoms with Crippen molar-refractivity contribution in [3.63, 3.8) is 0 Å². The predicted octanol–water partition coefficient (Wildman–Crippen LogP) is 1.66. The third-order valence-corrected chi connectivity index (χ3v) is 5.27. The van der Waals surface area contributed by atoms with Crippen LogP contribution in [0.2, 0.25) is 0 Å². The van der Waals surface area contributed by atoms with Crippen LogP contribution in [0.1, 0.15) is 13.8 Å². The molecule has 0 radical (unpaired) electrons. The molecule has 0 aliphatic carbocycles. The van der Waals surface area contributed by atoms with Crippen LogP contribution in [0.3, 0.4) is 0 Å². The summed E-state index contributed by atoms with van der Waals surface area (Å²) in [5.74, 6) is 1.93. The molecule has 5 rings (SSSR count). The van der Waals surface area contributed by atoms with E-state index in [4.69, 9.17) is 24.4 Å². The Labute approximate surface area is 169 Å². The molecule has 0 atom stereocenters. The highest BCUT2D eigenvalue weighted by Crippen LogP contribution is 2.24. The van der Waals surface area contributed by atoms with E-state index in [0.717, 1.165) is 37.2 Å². The molecule has 9 heteroatoms. The molecule has 3 aromatic rings. The van der Waals surface area contributed by atoms with Crippen molar-refractivity contribution in [1.82, 2.24) is 24.5 Å². The second kappa shape index (κ2) is 7.23. The summed E-state index contributed by atoms with van der Waals surface area (Å²) >= 11 is 0. The first-order valence-electron chi connectivity index (χ1n) is 9.99. The Morgan fingerprint density at radius 3 is 2.34 bits per heavy atom. The number of ether oxygens (including phenoxy) is 2. The Bertz CT molecular complexity index is 1010. The van der Waals surface area contributed by atoms with Crippen LogP contribution in [0.4, 0.5) is 11.9 Å². The van der Waals surface area contributed by atoms with Gasteiger partial charge in [-0.1, -0.05) is 12.1 Å². The number of hydrogen-bond donors (Lipinski definition) is 0. The lowest BCUT2D eigenvalue weighted by Crippen LogP contribution is -2.49. The van der Waals surface area contributed by atoms with Gasteiger partial charge in [0.2, 0.25) is 17.8 Å². The van der Waals surface area contributed by atoms with Gasteiger partial charge in [-0.3, -0.25) is 4.57 Å². The quantitative estimate of drug-likeness (QED) is 0.662. The molecule has 2 aliphatic heterocycles. The van der Waals surface area contributed by atoms with Crippen LogP contribution in [-0.2, 0) is 9.47 Å². The van der Waals surface area contributed by atoms with Gasteiger partial charge in [0.25, 0.3) is 0 Å². The van der Waals surface area contributed by atoms with E-state index in [-0.39, 0.29) is 5.60 Å². The number of imidazole rings is 1. The summed E-state index contributed by atoms with van der Waals surface area (Å²) < 4.78 is 13.3. The normalized spacial score (nSPS) is 19.7. The zero-order chi connectivity index (χ0) is 19.8. The minimum Gasteiger partial charge on any atom is -0.378 e. The fourth-order valence-corrected chi connectivity index (χ4v) is 3.80. The first kappa shape index (κ1) is 18.3. The molecule has 0 spiro atoms. The van der Waals surface area contributed by atoms with Crippen molar-refractivity contribution in [3.8, 4) is 5.95 Å². The van der Waals surface area contributed by atoms with Crippen LogP contribution in [0.5, 0.6) is 0 Å². The highest BCUT2D eigenvalue weighted by Gasteiger charge is 2.30. The average Bonchev–Trinajstić information content (AvgIpc) is 3.18. The summed E-state index contributed by atoms with van der Waals surface area (Å²) in [6, 6.07) is 7.99. The Kier molecular flexibility index (Phi) is 4.56. The first-order chi connectivity index (χ1) is 14.1. The van der Waals surface area contributed by atoms with Crippen molar-refractivity contribution in [2.45, 2.75) is 19.4 Å². The van der Waals surface area contributed by atoms with Crippen molar-refractivity contribution in [2.24, 2.45) is 0 Å². The maximum Gasteiger partial charge on any atom is 0.242 e. The van der Waals surface area contributed by atoms with Crippen LogP contribution < -0.4 is 9.80 Å². The SMILES string of the molecule is CC1(C)CN(c2nc(N3CCOCC3)nc(-n3cnc4ccccc43)n2)CCO1. The Morgan fingerprint density at radius 1 is 0.862 bits per heavy atom. The molecule has 2 aliphatic rings. The van der Waals surface area contributed by atoms with Crippen LogP contribution in [0.25, 0.3) is 17.0 Å². The molecule has 2 fully saturated rings. The number of fused-ring (bicyclic) bond motifs is 1. The number of morpholine rings is 2. The number of hydrogen-bond acceptors (Lipinski definition) is 8. The van der Waals surface area contributed by atoms with Crippen molar-refractivity contribution in [1.29, 1.82) is 0 Å². The number of nitrogens with zero attached hydrogens (tertiary/aromatic N) is 7. The molecule has 4 heterocycles. The third-order valence-electron chi connectivity index (χ3n) is 5.27. The van der Waals surface area contributed by atoms with Gasteiger partial charge < -0.3 is 19.3 Å². The van der Waals surface area contributed by atoms with Gasteiger partial charge in [-0.05, 0) is 26.0 Å². The number of anilines is 2. The summed E-state index contributed by atoms with van der Waals surface area (Å²) in [7, 11) is 0. The number of benzene rings is 1. The van der Waals surface area contributed by atoms with Crippen molar-refractivity contribution in [3.05, 3.63) is 30.6 Å². The third kappa shape index (κ3) is 3.63. The Balaban J connectivity index is 1.60. The van der Waals surface area contributed by atoms with Gasteiger partial charge in [0.1, 0.15) is 6.33 Å². The zero-order valence-electron chi connectivity index (χ0n) is 16.8. The fraction of sp³-hybridized carbons (Fsp3) is 0.500. The highest BCUT2D eigenvalue weighted by molar-refractivity contribution is 5.76. The van der Waals surface area contributed by atoms with Crippen LogP contribution >= 0.6 is 0 Å². The molecular formula is C20H25N7O2. The monoisotopic (exact) mass is 395 g/mol. The Hall–Kier alpha value is -2.78. The lowest BCUT2D eigenvalue weighted by molar-refractivity contribution is -0.0281. The summed E-state index contributed by atoms with van der Waals surface area (Å²) in [5, 5.41) is 0. The average molecular weight is 395 g/mol. The lowest BCUT2D eigenvalue weighted by Gasteiger charge is -2.38. The molecule has 0 N–H and O–H groups in total. The van der Waals surface area contributed by atoms with E-state index in [9.17, 15) is 0 Å². The molecule has 0 bridgehead atoms. The van der Waals surface area contributed by atoms with Gasteiger partial charge in [-0.2, -0.15) is 15.0 Å². The zero-order valence-corrected chi connectivity index (χ0v) is 16.8. The minimum absolute atomic E-state index is 0.244. The molecule has 29 heavy (non-hydrogen) atoms. The van der Waals surface area contributed by atoms with Gasteiger partial charge in [0.05, 0.1) is 36.5 Å². The Morgan fingerprint density at radius 2 is 1.55 bits per heavy atom. The van der Waals surface area contributed by atoms with Gasteiger partial charge in [-0.25, -0.2) is 4.98 Å². The summed E-state index contributed by atoms with van der Waals surface area (Å²) in [6.07, 6.45) is 1.77. The molecule has 0 amide bonds. The number of aromatic nitrogens is 5.